The van der Waals surface area contributed by atoms with E-state index in [-0.39, 0.29) is 0 Å². The number of allylic oxidation sites excluding steroid dienone is 6. The molecule has 1 fully saturated rings. The maximum Gasteiger partial charge on any atom is 0.0425 e. The third kappa shape index (κ3) is 10.1. The Morgan fingerprint density at radius 2 is 1.74 bits per heavy atom. The average Bonchev–Trinajstić information content (AvgIpc) is 3.06. The van der Waals surface area contributed by atoms with Crippen LogP contribution in [0.2, 0.25) is 0 Å². The van der Waals surface area contributed by atoms with Crippen LogP contribution in [0.5, 0.6) is 0 Å². The van der Waals surface area contributed by atoms with E-state index in [0.717, 1.165) is 24.6 Å². The molecule has 1 aliphatic rings. The van der Waals surface area contributed by atoms with Crippen molar-refractivity contribution in [2.24, 2.45) is 23.2 Å². The monoisotopic (exact) mass is 632 g/mol. The highest BCUT2D eigenvalue weighted by Crippen LogP contribution is 2.53. The molecule has 0 amide bonds. The van der Waals surface area contributed by atoms with Crippen molar-refractivity contribution in [2.75, 3.05) is 13.6 Å². The third-order valence-corrected chi connectivity index (χ3v) is 11.4. The lowest BCUT2D eigenvalue weighted by Gasteiger charge is -2.49. The van der Waals surface area contributed by atoms with E-state index in [2.05, 4.69) is 148 Å². The van der Waals surface area contributed by atoms with Crippen molar-refractivity contribution < 1.29 is 0 Å². The van der Waals surface area contributed by atoms with Gasteiger partial charge in [0.15, 0.2) is 0 Å². The summed E-state index contributed by atoms with van der Waals surface area (Å²) in [6, 6.07) is 13.5. The Labute approximate surface area is 290 Å². The zero-order valence-corrected chi connectivity index (χ0v) is 31.5. The molecule has 47 heavy (non-hydrogen) atoms. The fraction of sp³-hybridized carbons (Fsp3) is 0.478. The highest BCUT2D eigenvalue weighted by molar-refractivity contribution is 5.75. The van der Waals surface area contributed by atoms with E-state index in [1.165, 1.54) is 95.0 Å². The largest absolute Gasteiger partial charge is 0.370 e. The van der Waals surface area contributed by atoms with Crippen LogP contribution in [0, 0.1) is 43.9 Å². The van der Waals surface area contributed by atoms with Crippen LogP contribution in [0.1, 0.15) is 113 Å². The van der Waals surface area contributed by atoms with Crippen LogP contribution in [-0.4, -0.2) is 18.5 Å². The Morgan fingerprint density at radius 3 is 2.32 bits per heavy atom. The Hall–Kier alpha value is -3.32. The summed E-state index contributed by atoms with van der Waals surface area (Å²) in [5.41, 5.74) is 13.3. The zero-order chi connectivity index (χ0) is 34.7. The van der Waals surface area contributed by atoms with Crippen molar-refractivity contribution in [1.29, 1.82) is 0 Å². The van der Waals surface area contributed by atoms with Gasteiger partial charge in [-0.15, -0.1) is 6.58 Å². The summed E-state index contributed by atoms with van der Waals surface area (Å²) >= 11 is 0. The molecule has 0 aliphatic heterocycles. The number of rotatable bonds is 18. The molecule has 0 spiro atoms. The minimum atomic E-state index is 0.300. The van der Waals surface area contributed by atoms with E-state index in [9.17, 15) is 0 Å². The molecule has 1 aliphatic carbocycles. The predicted octanol–water partition coefficient (Wildman–Crippen LogP) is 13.0. The van der Waals surface area contributed by atoms with Crippen LogP contribution < -0.4 is 0 Å². The molecule has 0 bridgehead atoms. The van der Waals surface area contributed by atoms with E-state index in [1.54, 1.807) is 0 Å². The second kappa shape index (κ2) is 17.7. The van der Waals surface area contributed by atoms with Crippen LogP contribution in [0.15, 0.2) is 97.7 Å². The maximum atomic E-state index is 4.59. The lowest BCUT2D eigenvalue weighted by atomic mass is 9.56. The van der Waals surface area contributed by atoms with Crippen molar-refractivity contribution in [3.05, 3.63) is 131 Å². The first-order valence-electron chi connectivity index (χ1n) is 18.3. The van der Waals surface area contributed by atoms with Crippen molar-refractivity contribution in [1.82, 2.24) is 4.90 Å². The van der Waals surface area contributed by atoms with Crippen LogP contribution >= 0.6 is 0 Å². The summed E-state index contributed by atoms with van der Waals surface area (Å²) in [5.74, 6) is 1.69. The molecule has 2 aromatic rings. The fourth-order valence-corrected chi connectivity index (χ4v) is 7.41. The molecule has 4 unspecified atom stereocenters. The van der Waals surface area contributed by atoms with E-state index >= 15 is 0 Å². The molecule has 0 saturated heterocycles. The van der Waals surface area contributed by atoms with Gasteiger partial charge in [-0.2, -0.15) is 0 Å². The molecule has 0 N–H and O–H groups in total. The van der Waals surface area contributed by atoms with Gasteiger partial charge >= 0.3 is 0 Å². The Morgan fingerprint density at radius 1 is 1.04 bits per heavy atom. The van der Waals surface area contributed by atoms with Crippen molar-refractivity contribution >= 4 is 11.3 Å². The first-order valence-corrected chi connectivity index (χ1v) is 18.3. The van der Waals surface area contributed by atoms with Gasteiger partial charge in [-0.1, -0.05) is 114 Å². The molecule has 3 rings (SSSR count). The van der Waals surface area contributed by atoms with Gasteiger partial charge in [0.25, 0.3) is 0 Å². The molecule has 1 saturated carbocycles. The van der Waals surface area contributed by atoms with Crippen molar-refractivity contribution in [3.8, 4) is 0 Å². The van der Waals surface area contributed by atoms with E-state index in [0.29, 0.717) is 17.3 Å². The van der Waals surface area contributed by atoms with Crippen LogP contribution in [0.4, 0.5) is 0 Å². The van der Waals surface area contributed by atoms with E-state index in [1.807, 2.05) is 6.08 Å². The molecule has 254 valence electrons. The number of likely N-dealkylation sites (N-methyl/N-ethyl adjacent to an activating group) is 1. The highest BCUT2D eigenvalue weighted by Gasteiger charge is 2.42. The smallest absolute Gasteiger partial charge is 0.0425 e. The first-order chi connectivity index (χ1) is 22.3. The molecule has 2 aromatic carbocycles. The predicted molar refractivity (Wildman–Crippen MR) is 211 cm³/mol. The maximum absolute atomic E-state index is 4.59. The van der Waals surface area contributed by atoms with Gasteiger partial charge in [-0.3, -0.25) is 0 Å². The zero-order valence-electron chi connectivity index (χ0n) is 31.5. The highest BCUT2D eigenvalue weighted by atomic mass is 15.1. The standard InChI is InChI=1S/C46H65N/c1-13-25-46(27-24-37(46)8)26-18-19-34(5)39(10)42(15-3)32-47(12)40(11)43-22-16-20-41(31-43)21-17-23-44(28-33(4)14-2)45-29-35(6)38(9)36(7)30-45/h14-17,20,22-23,28-31,33-34,37H,2,10-11,13,18-19,21,24-27,32H2,1,3-9,12H3/b23-17-,42-15+,44-28+. The lowest BCUT2D eigenvalue weighted by molar-refractivity contribution is 0.0195. The summed E-state index contributed by atoms with van der Waals surface area (Å²) in [7, 11) is 2.16. The molecule has 0 heterocycles. The summed E-state index contributed by atoms with van der Waals surface area (Å²) in [4.78, 5) is 2.29. The Bertz CT molecular complexity index is 1460. The number of benzene rings is 2. The summed E-state index contributed by atoms with van der Waals surface area (Å²) < 4.78 is 0. The first kappa shape index (κ1) is 38.1. The molecular formula is C46H65N. The van der Waals surface area contributed by atoms with Gasteiger partial charge < -0.3 is 4.90 Å². The minimum absolute atomic E-state index is 0.300. The summed E-state index contributed by atoms with van der Waals surface area (Å²) in [6.45, 7) is 32.1. The van der Waals surface area contributed by atoms with Gasteiger partial charge in [0.2, 0.25) is 0 Å². The number of nitrogens with zero attached hydrogens (tertiary/aromatic N) is 1. The fourth-order valence-electron chi connectivity index (χ4n) is 7.41. The van der Waals surface area contributed by atoms with Gasteiger partial charge in [-0.25, -0.2) is 0 Å². The minimum Gasteiger partial charge on any atom is -0.370 e. The SMILES string of the molecule is C=CC(C)/C=C(\C=C/Cc1cccc(C(=C)N(C)C/C(=C\C)C(=C)C(C)CCCC2(CCC)CCC2C)c1)c1cc(C)c(C)c(C)c1. The molecule has 4 atom stereocenters. The molecule has 0 radical (unpaired) electrons. The van der Waals surface area contributed by atoms with Gasteiger partial charge in [-0.05, 0) is 146 Å². The second-order valence-electron chi connectivity index (χ2n) is 14.7. The van der Waals surface area contributed by atoms with Crippen LogP contribution in [0.3, 0.4) is 0 Å². The van der Waals surface area contributed by atoms with Gasteiger partial charge in [0.05, 0.1) is 0 Å². The number of hydrogen-bond donors (Lipinski definition) is 0. The topological polar surface area (TPSA) is 3.24 Å². The van der Waals surface area contributed by atoms with Gasteiger partial charge in [0, 0.05) is 19.3 Å². The second-order valence-corrected chi connectivity index (χ2v) is 14.7. The average molecular weight is 632 g/mol. The molecule has 0 aromatic heterocycles. The molecule has 1 nitrogen and oxygen atoms in total. The van der Waals surface area contributed by atoms with E-state index < -0.39 is 0 Å². The lowest BCUT2D eigenvalue weighted by Crippen LogP contribution is -2.38. The van der Waals surface area contributed by atoms with Crippen LogP contribution in [0.25, 0.3) is 11.3 Å². The Kier molecular flexibility index (Phi) is 14.4. The number of aryl methyl sites for hydroxylation is 2. The van der Waals surface area contributed by atoms with E-state index in [4.69, 9.17) is 0 Å². The quantitative estimate of drug-likeness (QED) is 0.117. The Balaban J connectivity index is 1.63. The normalized spacial score (nSPS) is 19.7. The van der Waals surface area contributed by atoms with Crippen molar-refractivity contribution in [3.63, 3.8) is 0 Å². The van der Waals surface area contributed by atoms with Gasteiger partial charge in [0.1, 0.15) is 0 Å². The number of hydrogen-bond acceptors (Lipinski definition) is 1. The van der Waals surface area contributed by atoms with Crippen molar-refractivity contribution in [2.45, 2.75) is 107 Å². The molecular weight excluding hydrogens is 567 g/mol. The third-order valence-electron chi connectivity index (χ3n) is 11.4. The summed E-state index contributed by atoms with van der Waals surface area (Å²) in [6.07, 6.45) is 21.5. The molecule has 1 heteroatoms. The van der Waals surface area contributed by atoms with Crippen LogP contribution in [-0.2, 0) is 6.42 Å². The summed E-state index contributed by atoms with van der Waals surface area (Å²) in [5, 5.41) is 0.